The van der Waals surface area contributed by atoms with E-state index in [2.05, 4.69) is 10.2 Å². The molecule has 11 heteroatoms. The van der Waals surface area contributed by atoms with Crippen LogP contribution in [0.2, 0.25) is 0 Å². The van der Waals surface area contributed by atoms with Crippen LogP contribution < -0.4 is 5.32 Å². The number of nitrogens with zero attached hydrogens (tertiary/aromatic N) is 2. The molecule has 9 nitrogen and oxygen atoms in total. The fraction of sp³-hybridized carbons (Fsp3) is 0.929. The number of fused-ring (bicyclic) bond motifs is 3. The van der Waals surface area contributed by atoms with Crippen molar-refractivity contribution in [1.29, 1.82) is 0 Å². The lowest BCUT2D eigenvalue weighted by Crippen LogP contribution is -2.67. The van der Waals surface area contributed by atoms with Gasteiger partial charge in [0.15, 0.2) is 9.84 Å². The fourth-order valence-corrected chi connectivity index (χ4v) is 8.64. The molecule has 2 atom stereocenters. The third-order valence-corrected chi connectivity index (χ3v) is 9.37. The molecule has 144 valence electrons. The lowest BCUT2D eigenvalue weighted by molar-refractivity contribution is -0.940. The molecule has 0 saturated carbocycles. The summed E-state index contributed by atoms with van der Waals surface area (Å²) < 4.78 is 58.9. The van der Waals surface area contributed by atoms with Gasteiger partial charge in [0.1, 0.15) is 10.1 Å². The molecule has 4 aliphatic rings. The van der Waals surface area contributed by atoms with E-state index in [0.29, 0.717) is 6.54 Å². The number of rotatable bonds is 5. The zero-order chi connectivity index (χ0) is 18.5. The van der Waals surface area contributed by atoms with E-state index in [-0.39, 0.29) is 6.42 Å². The number of carbonyl (C=O) groups excluding carboxylic acids is 1. The highest BCUT2D eigenvalue weighted by Gasteiger charge is 2.51. The van der Waals surface area contributed by atoms with Crippen LogP contribution in [0.5, 0.6) is 0 Å². The van der Waals surface area contributed by atoms with Crippen molar-refractivity contribution in [2.75, 3.05) is 57.3 Å². The molecule has 4 saturated heterocycles. The van der Waals surface area contributed by atoms with E-state index in [9.17, 15) is 26.2 Å². The van der Waals surface area contributed by atoms with E-state index in [0.717, 1.165) is 43.8 Å². The summed E-state index contributed by atoms with van der Waals surface area (Å²) in [5, 5.41) is 0.904. The van der Waals surface area contributed by atoms with Crippen molar-refractivity contribution < 1.29 is 30.7 Å². The quantitative estimate of drug-likeness (QED) is 0.411. The lowest BCUT2D eigenvalue weighted by atomic mass is 10.0. The molecule has 0 spiro atoms. The standard InChI is InChI=1S/C14H25N3O6S2/c1-14(11-24(19,20)10-12(14)25(21,22)23)15-13(18)2-6-17-7-3-16(4-8-17)5-9-17/h12H,2-11H2,1H3,(H-,15,18,21,22,23). The maximum atomic E-state index is 12.4. The van der Waals surface area contributed by atoms with E-state index >= 15 is 0 Å². The smallest absolute Gasteiger partial charge is 0.226 e. The summed E-state index contributed by atoms with van der Waals surface area (Å²) in [6.07, 6.45) is 0.196. The average molecular weight is 396 g/mol. The Bertz CT molecular complexity index is 744. The van der Waals surface area contributed by atoms with Gasteiger partial charge in [-0.05, 0) is 6.92 Å². The second-order valence-electron chi connectivity index (χ2n) is 7.83. The van der Waals surface area contributed by atoms with Gasteiger partial charge in [-0.3, -0.25) is 9.69 Å². The van der Waals surface area contributed by atoms with E-state index in [4.69, 9.17) is 0 Å². The van der Waals surface area contributed by atoms with Crippen LogP contribution in [0.3, 0.4) is 0 Å². The number of hydrogen-bond acceptors (Lipinski definition) is 7. The molecule has 0 aromatic carbocycles. The normalized spacial score (nSPS) is 40.1. The predicted octanol–water partition coefficient (Wildman–Crippen LogP) is -2.26. The molecular weight excluding hydrogens is 370 g/mol. The summed E-state index contributed by atoms with van der Waals surface area (Å²) in [4.78, 5) is 14.8. The molecule has 0 aromatic rings. The molecule has 4 aliphatic heterocycles. The van der Waals surface area contributed by atoms with Crippen molar-refractivity contribution in [3.8, 4) is 0 Å². The zero-order valence-corrected chi connectivity index (χ0v) is 15.9. The van der Waals surface area contributed by atoms with Crippen LogP contribution >= 0.6 is 0 Å². The highest BCUT2D eigenvalue weighted by molar-refractivity contribution is 7.94. The van der Waals surface area contributed by atoms with Gasteiger partial charge in [0, 0.05) is 19.6 Å². The first-order valence-corrected chi connectivity index (χ1v) is 11.8. The van der Waals surface area contributed by atoms with Gasteiger partial charge < -0.3 is 14.4 Å². The minimum absolute atomic E-state index is 0.196. The van der Waals surface area contributed by atoms with Crippen molar-refractivity contribution in [1.82, 2.24) is 10.2 Å². The molecule has 0 aromatic heterocycles. The highest BCUT2D eigenvalue weighted by Crippen LogP contribution is 2.29. The van der Waals surface area contributed by atoms with Crippen LogP contribution in [0.4, 0.5) is 0 Å². The van der Waals surface area contributed by atoms with Crippen LogP contribution in [0, 0.1) is 0 Å². The van der Waals surface area contributed by atoms with Gasteiger partial charge in [-0.15, -0.1) is 0 Å². The second kappa shape index (κ2) is 6.15. The van der Waals surface area contributed by atoms with Crippen molar-refractivity contribution in [2.24, 2.45) is 0 Å². The van der Waals surface area contributed by atoms with Gasteiger partial charge in [0.25, 0.3) is 0 Å². The second-order valence-corrected chi connectivity index (χ2v) is 11.5. The SMILES string of the molecule is CC1(NC(=O)CC[N+]23CCN(CC2)CC3)CS(=O)(=O)CC1S(=O)(=O)[O-]. The summed E-state index contributed by atoms with van der Waals surface area (Å²) in [7, 11) is -8.51. The van der Waals surface area contributed by atoms with Gasteiger partial charge in [0.05, 0.1) is 54.9 Å². The Morgan fingerprint density at radius 3 is 2.36 bits per heavy atom. The molecule has 25 heavy (non-hydrogen) atoms. The average Bonchev–Trinajstić information content (AvgIpc) is 2.76. The van der Waals surface area contributed by atoms with Crippen LogP contribution in [-0.4, -0.2) is 105 Å². The number of amides is 1. The van der Waals surface area contributed by atoms with Gasteiger partial charge in [0.2, 0.25) is 5.91 Å². The molecule has 2 unspecified atom stereocenters. The molecule has 4 fully saturated rings. The van der Waals surface area contributed by atoms with E-state index in [1.54, 1.807) is 0 Å². The van der Waals surface area contributed by atoms with Gasteiger partial charge >= 0.3 is 0 Å². The first-order valence-electron chi connectivity index (χ1n) is 8.47. The Labute approximate surface area is 148 Å². The number of sulfone groups is 1. The third-order valence-electron chi connectivity index (χ3n) is 5.89. The first-order chi connectivity index (χ1) is 11.4. The number of nitrogens with one attached hydrogen (secondary N) is 1. The Hall–Kier alpha value is -0.750. The number of carbonyl (C=O) groups is 1. The zero-order valence-electron chi connectivity index (χ0n) is 14.3. The molecule has 0 aliphatic carbocycles. The van der Waals surface area contributed by atoms with Gasteiger partial charge in [-0.25, -0.2) is 16.8 Å². The monoisotopic (exact) mass is 395 g/mol. The Balaban J connectivity index is 1.65. The molecule has 1 amide bonds. The van der Waals surface area contributed by atoms with Crippen molar-refractivity contribution in [2.45, 2.75) is 24.1 Å². The van der Waals surface area contributed by atoms with Crippen LogP contribution in [-0.2, 0) is 24.7 Å². The van der Waals surface area contributed by atoms with Gasteiger partial charge in [-0.2, -0.15) is 0 Å². The fourth-order valence-electron chi connectivity index (χ4n) is 4.33. The van der Waals surface area contributed by atoms with Crippen molar-refractivity contribution in [3.63, 3.8) is 0 Å². The topological polar surface area (TPSA) is 124 Å². The van der Waals surface area contributed by atoms with Crippen molar-refractivity contribution >= 4 is 25.9 Å². The van der Waals surface area contributed by atoms with E-state index in [1.165, 1.54) is 6.92 Å². The molecule has 4 rings (SSSR count). The summed E-state index contributed by atoms with van der Waals surface area (Å²) in [6.45, 7) is 8.04. The first kappa shape index (κ1) is 19.0. The molecule has 0 radical (unpaired) electrons. The number of quaternary nitrogens is 1. The Morgan fingerprint density at radius 2 is 1.84 bits per heavy atom. The van der Waals surface area contributed by atoms with Crippen molar-refractivity contribution in [3.05, 3.63) is 0 Å². The maximum Gasteiger partial charge on any atom is 0.226 e. The predicted molar refractivity (Wildman–Crippen MR) is 89.5 cm³/mol. The summed E-state index contributed by atoms with van der Waals surface area (Å²) in [5.41, 5.74) is -1.56. The number of piperazine rings is 3. The maximum absolute atomic E-state index is 12.4. The lowest BCUT2D eigenvalue weighted by Gasteiger charge is -2.50. The molecule has 1 N–H and O–H groups in total. The Kier molecular flexibility index (Phi) is 4.68. The van der Waals surface area contributed by atoms with Crippen LogP contribution in [0.25, 0.3) is 0 Å². The van der Waals surface area contributed by atoms with E-state index in [1.807, 2.05) is 0 Å². The minimum atomic E-state index is -4.83. The van der Waals surface area contributed by atoms with Gasteiger partial charge in [-0.1, -0.05) is 0 Å². The third kappa shape index (κ3) is 4.00. The highest BCUT2D eigenvalue weighted by atomic mass is 32.2. The molecule has 4 heterocycles. The van der Waals surface area contributed by atoms with Crippen LogP contribution in [0.1, 0.15) is 13.3 Å². The number of hydrogen-bond donors (Lipinski definition) is 1. The minimum Gasteiger partial charge on any atom is -0.748 e. The Morgan fingerprint density at radius 1 is 1.28 bits per heavy atom. The summed E-state index contributed by atoms with van der Waals surface area (Å²) >= 11 is 0. The molecule has 2 bridgehead atoms. The largest absolute Gasteiger partial charge is 0.748 e. The molecular formula is C14H25N3O6S2. The summed E-state index contributed by atoms with van der Waals surface area (Å²) in [6, 6.07) is 0. The van der Waals surface area contributed by atoms with Crippen LogP contribution in [0.15, 0.2) is 0 Å². The summed E-state index contributed by atoms with van der Waals surface area (Å²) in [5.74, 6) is -1.65. The van der Waals surface area contributed by atoms with E-state index < -0.39 is 48.2 Å².